The van der Waals surface area contributed by atoms with Crippen molar-refractivity contribution < 1.29 is 24.3 Å². The zero-order chi connectivity index (χ0) is 20.0. The molecule has 27 heavy (non-hydrogen) atoms. The Kier molecular flexibility index (Phi) is 7.62. The van der Waals surface area contributed by atoms with Gasteiger partial charge in [-0.2, -0.15) is 0 Å². The lowest BCUT2D eigenvalue weighted by atomic mass is 10.00. The van der Waals surface area contributed by atoms with E-state index in [1.807, 2.05) is 6.92 Å². The fourth-order valence-electron chi connectivity index (χ4n) is 4.15. The minimum atomic E-state index is -1.03. The van der Waals surface area contributed by atoms with Gasteiger partial charge in [-0.25, -0.2) is 0 Å². The molecule has 1 N–H and O–H groups in total. The third kappa shape index (κ3) is 5.43. The smallest absolute Gasteiger partial charge is 0.323 e. The monoisotopic (exact) mass is 381 g/mol. The Balaban J connectivity index is 2.03. The predicted octanol–water partition coefficient (Wildman–Crippen LogP) is 1.09. The lowest BCUT2D eigenvalue weighted by Crippen LogP contribution is -2.53. The zero-order valence-corrected chi connectivity index (χ0v) is 16.4. The second-order valence-corrected chi connectivity index (χ2v) is 7.40. The van der Waals surface area contributed by atoms with E-state index in [0.717, 1.165) is 12.8 Å². The van der Waals surface area contributed by atoms with E-state index in [9.17, 15) is 19.2 Å². The van der Waals surface area contributed by atoms with Gasteiger partial charge in [0.1, 0.15) is 12.6 Å². The fraction of sp³-hybridized carbons (Fsp3) is 0.789. The maximum atomic E-state index is 13.1. The summed E-state index contributed by atoms with van der Waals surface area (Å²) in [6.45, 7) is 4.59. The van der Waals surface area contributed by atoms with E-state index in [-0.39, 0.29) is 36.3 Å². The van der Waals surface area contributed by atoms with Crippen LogP contribution >= 0.6 is 0 Å². The van der Waals surface area contributed by atoms with Crippen LogP contribution in [0.1, 0.15) is 58.8 Å². The Bertz CT molecular complexity index is 580. The van der Waals surface area contributed by atoms with Crippen molar-refractivity contribution in [3.05, 3.63) is 0 Å². The van der Waals surface area contributed by atoms with Crippen LogP contribution in [0.15, 0.2) is 0 Å². The molecule has 0 bridgehead atoms. The zero-order valence-electron chi connectivity index (χ0n) is 16.4. The third-order valence-corrected chi connectivity index (χ3v) is 5.57. The van der Waals surface area contributed by atoms with Gasteiger partial charge in [-0.05, 0) is 38.5 Å². The fourth-order valence-corrected chi connectivity index (χ4v) is 4.15. The first kappa shape index (κ1) is 21.2. The number of hydrogen-bond donors (Lipinski definition) is 1. The standard InChI is InChI=1S/C19H31N3O5/c1-3-17(24)21-11-5-4-8-16(21)19(27)20-10-6-7-15(9-12-20)22(14(2)23)13-18(25)26/h15-16H,3-13H2,1-2H3,(H,25,26). The molecule has 0 saturated carbocycles. The average molecular weight is 381 g/mol. The third-order valence-electron chi connectivity index (χ3n) is 5.57. The number of hydrogen-bond acceptors (Lipinski definition) is 4. The highest BCUT2D eigenvalue weighted by atomic mass is 16.4. The second kappa shape index (κ2) is 9.71. The van der Waals surface area contributed by atoms with Crippen molar-refractivity contribution in [2.24, 2.45) is 0 Å². The first-order valence-corrected chi connectivity index (χ1v) is 9.92. The van der Waals surface area contributed by atoms with Gasteiger partial charge in [-0.3, -0.25) is 19.2 Å². The largest absolute Gasteiger partial charge is 0.480 e. The molecule has 2 atom stereocenters. The molecule has 2 fully saturated rings. The lowest BCUT2D eigenvalue weighted by molar-refractivity contribution is -0.147. The van der Waals surface area contributed by atoms with Crippen molar-refractivity contribution in [3.8, 4) is 0 Å². The number of carbonyl (C=O) groups is 4. The molecule has 2 unspecified atom stereocenters. The van der Waals surface area contributed by atoms with E-state index in [1.54, 1.807) is 9.80 Å². The minimum Gasteiger partial charge on any atom is -0.480 e. The van der Waals surface area contributed by atoms with Crippen molar-refractivity contribution in [2.45, 2.75) is 70.9 Å². The number of carboxylic acids is 1. The number of rotatable bonds is 5. The summed E-state index contributed by atoms with van der Waals surface area (Å²) >= 11 is 0. The van der Waals surface area contributed by atoms with E-state index < -0.39 is 5.97 Å². The van der Waals surface area contributed by atoms with E-state index in [0.29, 0.717) is 51.7 Å². The van der Waals surface area contributed by atoms with Gasteiger partial charge in [0.25, 0.3) is 0 Å². The Morgan fingerprint density at radius 3 is 2.37 bits per heavy atom. The summed E-state index contributed by atoms with van der Waals surface area (Å²) in [4.78, 5) is 53.1. The van der Waals surface area contributed by atoms with Crippen LogP contribution in [0.25, 0.3) is 0 Å². The summed E-state index contributed by atoms with van der Waals surface area (Å²) < 4.78 is 0. The van der Waals surface area contributed by atoms with Gasteiger partial charge < -0.3 is 19.8 Å². The molecule has 0 aromatic carbocycles. The number of likely N-dealkylation sites (tertiary alicyclic amines) is 2. The molecule has 3 amide bonds. The summed E-state index contributed by atoms with van der Waals surface area (Å²) in [6, 6.07) is -0.554. The molecule has 8 nitrogen and oxygen atoms in total. The predicted molar refractivity (Wildman–Crippen MR) is 98.9 cm³/mol. The summed E-state index contributed by atoms with van der Waals surface area (Å²) in [6.07, 6.45) is 4.93. The number of amides is 3. The van der Waals surface area contributed by atoms with Crippen LogP contribution in [0.4, 0.5) is 0 Å². The molecule has 0 aromatic rings. The molecule has 2 saturated heterocycles. The van der Waals surface area contributed by atoms with E-state index in [4.69, 9.17) is 5.11 Å². The molecular formula is C19H31N3O5. The molecule has 152 valence electrons. The molecule has 0 spiro atoms. The Morgan fingerprint density at radius 2 is 1.74 bits per heavy atom. The van der Waals surface area contributed by atoms with Gasteiger partial charge in [0.05, 0.1) is 0 Å². The minimum absolute atomic E-state index is 0.00948. The van der Waals surface area contributed by atoms with Gasteiger partial charge in [-0.1, -0.05) is 6.92 Å². The van der Waals surface area contributed by atoms with Crippen LogP contribution in [-0.4, -0.2) is 81.8 Å². The summed E-state index contributed by atoms with van der Waals surface area (Å²) in [5, 5.41) is 9.05. The lowest BCUT2D eigenvalue weighted by Gasteiger charge is -2.37. The van der Waals surface area contributed by atoms with E-state index in [1.165, 1.54) is 11.8 Å². The normalized spacial score (nSPS) is 23.5. The van der Waals surface area contributed by atoms with Crippen LogP contribution in [0.3, 0.4) is 0 Å². The number of piperidine rings is 1. The molecule has 2 aliphatic rings. The van der Waals surface area contributed by atoms with Gasteiger partial charge in [0, 0.05) is 39.0 Å². The molecule has 0 aromatic heterocycles. The number of aliphatic carboxylic acids is 1. The number of nitrogens with zero attached hydrogens (tertiary/aromatic N) is 3. The number of carboxylic acid groups (broad SMARTS) is 1. The highest BCUT2D eigenvalue weighted by molar-refractivity contribution is 5.88. The van der Waals surface area contributed by atoms with Crippen molar-refractivity contribution in [1.29, 1.82) is 0 Å². The van der Waals surface area contributed by atoms with Crippen LogP contribution in [-0.2, 0) is 19.2 Å². The van der Waals surface area contributed by atoms with Gasteiger partial charge >= 0.3 is 5.97 Å². The molecule has 2 rings (SSSR count). The van der Waals surface area contributed by atoms with Crippen LogP contribution in [0, 0.1) is 0 Å². The summed E-state index contributed by atoms with van der Waals surface area (Å²) in [7, 11) is 0. The van der Waals surface area contributed by atoms with E-state index >= 15 is 0 Å². The van der Waals surface area contributed by atoms with Crippen molar-refractivity contribution in [1.82, 2.24) is 14.7 Å². The first-order chi connectivity index (χ1) is 12.8. The molecule has 0 aliphatic carbocycles. The summed E-state index contributed by atoms with van der Waals surface area (Å²) in [5.41, 5.74) is 0. The van der Waals surface area contributed by atoms with Crippen LogP contribution in [0.2, 0.25) is 0 Å². The van der Waals surface area contributed by atoms with Crippen molar-refractivity contribution >= 4 is 23.7 Å². The average Bonchev–Trinajstić information content (AvgIpc) is 2.90. The Hall–Kier alpha value is -2.12. The van der Waals surface area contributed by atoms with E-state index in [2.05, 4.69) is 0 Å². The SMILES string of the molecule is CCC(=O)N1CCCCC1C(=O)N1CCCC(N(CC(=O)O)C(C)=O)CC1. The topological polar surface area (TPSA) is 98.2 Å². The van der Waals surface area contributed by atoms with Gasteiger partial charge in [0.15, 0.2) is 0 Å². The first-order valence-electron chi connectivity index (χ1n) is 9.92. The maximum Gasteiger partial charge on any atom is 0.323 e. The summed E-state index contributed by atoms with van der Waals surface area (Å²) in [5.74, 6) is -1.28. The highest BCUT2D eigenvalue weighted by Gasteiger charge is 2.35. The van der Waals surface area contributed by atoms with Crippen molar-refractivity contribution in [3.63, 3.8) is 0 Å². The Labute approximate surface area is 160 Å². The van der Waals surface area contributed by atoms with Crippen LogP contribution in [0.5, 0.6) is 0 Å². The van der Waals surface area contributed by atoms with Crippen LogP contribution < -0.4 is 0 Å². The molecular weight excluding hydrogens is 350 g/mol. The molecule has 2 aliphatic heterocycles. The number of carbonyl (C=O) groups excluding carboxylic acids is 3. The van der Waals surface area contributed by atoms with Gasteiger partial charge in [-0.15, -0.1) is 0 Å². The quantitative estimate of drug-likeness (QED) is 0.769. The van der Waals surface area contributed by atoms with Crippen molar-refractivity contribution in [2.75, 3.05) is 26.2 Å². The highest BCUT2D eigenvalue weighted by Crippen LogP contribution is 2.23. The maximum absolute atomic E-state index is 13.1. The molecule has 2 heterocycles. The molecule has 0 radical (unpaired) electrons. The second-order valence-electron chi connectivity index (χ2n) is 7.40. The Morgan fingerprint density at radius 1 is 1.00 bits per heavy atom. The van der Waals surface area contributed by atoms with Gasteiger partial charge in [0.2, 0.25) is 17.7 Å². The molecule has 8 heteroatoms.